The number of nitriles is 1. The van der Waals surface area contributed by atoms with Crippen LogP contribution in [0, 0.1) is 11.3 Å². The van der Waals surface area contributed by atoms with E-state index in [-0.39, 0.29) is 18.2 Å². The highest BCUT2D eigenvalue weighted by Gasteiger charge is 2.19. The Bertz CT molecular complexity index is 995. The molecular weight excluding hydrogens is 350 g/mol. The number of amides is 2. The summed E-state index contributed by atoms with van der Waals surface area (Å²) in [5.74, 6) is -0.494. The first-order valence-corrected chi connectivity index (χ1v) is 8.86. The van der Waals surface area contributed by atoms with Crippen molar-refractivity contribution in [1.29, 1.82) is 5.26 Å². The van der Waals surface area contributed by atoms with Crippen molar-refractivity contribution in [3.8, 4) is 6.07 Å². The van der Waals surface area contributed by atoms with Crippen LogP contribution in [0.1, 0.15) is 33.9 Å². The Morgan fingerprint density at radius 1 is 0.893 bits per heavy atom. The number of nitrogens with zero attached hydrogens (tertiary/aromatic N) is 1. The second kappa shape index (κ2) is 9.15. The summed E-state index contributed by atoms with van der Waals surface area (Å²) in [6.07, 6.45) is 0.0688. The Hall–Kier alpha value is -3.91. The number of anilines is 1. The topological polar surface area (TPSA) is 82.0 Å². The van der Waals surface area contributed by atoms with Crippen LogP contribution >= 0.6 is 0 Å². The lowest BCUT2D eigenvalue weighted by molar-refractivity contribution is -0.116. The van der Waals surface area contributed by atoms with Gasteiger partial charge in [0.1, 0.15) is 0 Å². The van der Waals surface area contributed by atoms with Crippen LogP contribution in [0.4, 0.5) is 5.69 Å². The predicted molar refractivity (Wildman–Crippen MR) is 107 cm³/mol. The van der Waals surface area contributed by atoms with E-state index in [2.05, 4.69) is 10.6 Å². The molecule has 3 rings (SSSR count). The molecule has 1 atom stereocenters. The van der Waals surface area contributed by atoms with Crippen LogP contribution in [0.15, 0.2) is 84.9 Å². The van der Waals surface area contributed by atoms with E-state index in [0.29, 0.717) is 16.8 Å². The Balaban J connectivity index is 1.74. The molecule has 0 saturated heterocycles. The molecule has 0 aliphatic carbocycles. The minimum Gasteiger partial charge on any atom is -0.345 e. The van der Waals surface area contributed by atoms with Crippen molar-refractivity contribution in [2.75, 3.05) is 5.32 Å². The molecule has 2 amide bonds. The van der Waals surface area contributed by atoms with Crippen molar-refractivity contribution in [2.24, 2.45) is 0 Å². The van der Waals surface area contributed by atoms with Gasteiger partial charge in [-0.2, -0.15) is 5.26 Å². The third-order valence-corrected chi connectivity index (χ3v) is 4.21. The molecule has 3 aromatic rings. The normalized spacial score (nSPS) is 11.1. The molecule has 0 radical (unpaired) electrons. The molecule has 5 nitrogen and oxygen atoms in total. The quantitative estimate of drug-likeness (QED) is 0.687. The summed E-state index contributed by atoms with van der Waals surface area (Å²) in [4.78, 5) is 25.1. The summed E-state index contributed by atoms with van der Waals surface area (Å²) in [5, 5.41) is 14.7. The lowest BCUT2D eigenvalue weighted by atomic mass is 10.0. The number of carbonyl (C=O) groups is 2. The molecule has 138 valence electrons. The maximum absolute atomic E-state index is 12.6. The molecule has 0 spiro atoms. The lowest BCUT2D eigenvalue weighted by Gasteiger charge is -2.19. The number of hydrogen-bond acceptors (Lipinski definition) is 3. The van der Waals surface area contributed by atoms with E-state index in [1.54, 1.807) is 48.5 Å². The monoisotopic (exact) mass is 369 g/mol. The molecule has 1 unspecified atom stereocenters. The standard InChI is InChI=1S/C23H19N3O2/c24-16-17-8-7-13-20(14-17)25-22(27)15-21(18-9-3-1-4-10-18)26-23(28)19-11-5-2-6-12-19/h1-14,21H,15H2,(H,25,27)(H,26,28). The van der Waals surface area contributed by atoms with E-state index in [1.807, 2.05) is 42.5 Å². The lowest BCUT2D eigenvalue weighted by Crippen LogP contribution is -2.31. The summed E-state index contributed by atoms with van der Waals surface area (Å²) in [6.45, 7) is 0. The largest absolute Gasteiger partial charge is 0.345 e. The van der Waals surface area contributed by atoms with E-state index in [0.717, 1.165) is 5.56 Å². The van der Waals surface area contributed by atoms with E-state index >= 15 is 0 Å². The Morgan fingerprint density at radius 2 is 1.57 bits per heavy atom. The van der Waals surface area contributed by atoms with Crippen molar-refractivity contribution in [2.45, 2.75) is 12.5 Å². The summed E-state index contributed by atoms with van der Waals surface area (Å²) in [5.41, 5.74) is 2.39. The molecule has 28 heavy (non-hydrogen) atoms. The highest BCUT2D eigenvalue weighted by Crippen LogP contribution is 2.19. The minimum absolute atomic E-state index is 0.0688. The fourth-order valence-corrected chi connectivity index (χ4v) is 2.83. The zero-order valence-electron chi connectivity index (χ0n) is 15.1. The van der Waals surface area contributed by atoms with Crippen LogP contribution in [0.5, 0.6) is 0 Å². The Labute approximate surface area is 163 Å². The molecule has 0 aliphatic rings. The van der Waals surface area contributed by atoms with Crippen molar-refractivity contribution >= 4 is 17.5 Å². The van der Waals surface area contributed by atoms with Crippen LogP contribution in [-0.4, -0.2) is 11.8 Å². The van der Waals surface area contributed by atoms with Gasteiger partial charge in [0.05, 0.1) is 24.1 Å². The first-order chi connectivity index (χ1) is 13.7. The van der Waals surface area contributed by atoms with E-state index in [1.165, 1.54) is 0 Å². The first-order valence-electron chi connectivity index (χ1n) is 8.86. The van der Waals surface area contributed by atoms with Gasteiger partial charge in [-0.15, -0.1) is 0 Å². The van der Waals surface area contributed by atoms with Gasteiger partial charge < -0.3 is 10.6 Å². The van der Waals surface area contributed by atoms with Crippen molar-refractivity contribution in [3.05, 3.63) is 102 Å². The van der Waals surface area contributed by atoms with Crippen molar-refractivity contribution in [1.82, 2.24) is 5.32 Å². The van der Waals surface area contributed by atoms with Gasteiger partial charge in [-0.25, -0.2) is 0 Å². The van der Waals surface area contributed by atoms with Crippen LogP contribution in [0.2, 0.25) is 0 Å². The summed E-state index contributed by atoms with van der Waals surface area (Å²) >= 11 is 0. The molecule has 0 heterocycles. The Kier molecular flexibility index (Phi) is 6.17. The second-order valence-electron chi connectivity index (χ2n) is 6.25. The average molecular weight is 369 g/mol. The molecule has 0 saturated carbocycles. The number of carbonyl (C=O) groups excluding carboxylic acids is 2. The van der Waals surface area contributed by atoms with Crippen LogP contribution in [0.25, 0.3) is 0 Å². The van der Waals surface area contributed by atoms with Gasteiger partial charge in [0, 0.05) is 11.3 Å². The molecule has 2 N–H and O–H groups in total. The maximum Gasteiger partial charge on any atom is 0.251 e. The van der Waals surface area contributed by atoms with Crippen LogP contribution in [0.3, 0.4) is 0 Å². The van der Waals surface area contributed by atoms with Crippen molar-refractivity contribution < 1.29 is 9.59 Å². The third-order valence-electron chi connectivity index (χ3n) is 4.21. The molecule has 0 fully saturated rings. The van der Waals surface area contributed by atoms with Gasteiger partial charge in [-0.3, -0.25) is 9.59 Å². The highest BCUT2D eigenvalue weighted by molar-refractivity contribution is 5.95. The predicted octanol–water partition coefficient (Wildman–Crippen LogP) is 4.06. The van der Waals surface area contributed by atoms with E-state index in [4.69, 9.17) is 5.26 Å². The third kappa shape index (κ3) is 5.05. The summed E-state index contributed by atoms with van der Waals surface area (Å²) < 4.78 is 0. The number of rotatable bonds is 6. The molecule has 5 heteroatoms. The average Bonchev–Trinajstić information content (AvgIpc) is 2.74. The molecule has 0 bridgehead atoms. The zero-order valence-corrected chi connectivity index (χ0v) is 15.1. The fraction of sp³-hybridized carbons (Fsp3) is 0.0870. The van der Waals surface area contributed by atoms with Gasteiger partial charge in [0.15, 0.2) is 0 Å². The van der Waals surface area contributed by atoms with Gasteiger partial charge in [0.25, 0.3) is 5.91 Å². The fourth-order valence-electron chi connectivity index (χ4n) is 2.83. The molecule has 0 aliphatic heterocycles. The Morgan fingerprint density at radius 3 is 2.25 bits per heavy atom. The SMILES string of the molecule is N#Cc1cccc(NC(=O)CC(NC(=O)c2ccccc2)c2ccccc2)c1. The van der Waals surface area contributed by atoms with Crippen molar-refractivity contribution in [3.63, 3.8) is 0 Å². The number of nitrogens with one attached hydrogen (secondary N) is 2. The number of hydrogen-bond donors (Lipinski definition) is 2. The highest BCUT2D eigenvalue weighted by atomic mass is 16.2. The zero-order chi connectivity index (χ0) is 19.8. The van der Waals surface area contributed by atoms with Crippen LogP contribution < -0.4 is 10.6 Å². The smallest absolute Gasteiger partial charge is 0.251 e. The van der Waals surface area contributed by atoms with E-state index < -0.39 is 6.04 Å². The van der Waals surface area contributed by atoms with Gasteiger partial charge in [0.2, 0.25) is 5.91 Å². The van der Waals surface area contributed by atoms with Gasteiger partial charge in [-0.1, -0.05) is 54.6 Å². The van der Waals surface area contributed by atoms with Gasteiger partial charge in [-0.05, 0) is 35.9 Å². The molecule has 0 aromatic heterocycles. The van der Waals surface area contributed by atoms with Gasteiger partial charge >= 0.3 is 0 Å². The summed E-state index contributed by atoms with van der Waals surface area (Å²) in [6, 6.07) is 26.5. The number of benzene rings is 3. The molecular formula is C23H19N3O2. The van der Waals surface area contributed by atoms with Crippen LogP contribution in [-0.2, 0) is 4.79 Å². The first kappa shape index (κ1) is 18.9. The summed E-state index contributed by atoms with van der Waals surface area (Å²) in [7, 11) is 0. The van der Waals surface area contributed by atoms with E-state index in [9.17, 15) is 9.59 Å². The minimum atomic E-state index is -0.479. The molecule has 3 aromatic carbocycles. The second-order valence-corrected chi connectivity index (χ2v) is 6.25. The maximum atomic E-state index is 12.6.